The highest BCUT2D eigenvalue weighted by atomic mass is 32.2. The SMILES string of the molecule is C=CCNC(=O)c1ccc(NS(=O)(=O)c2ccc(SC)cc2)cc1. The van der Waals surface area contributed by atoms with Crippen molar-refractivity contribution in [2.24, 2.45) is 0 Å². The monoisotopic (exact) mass is 362 g/mol. The van der Waals surface area contributed by atoms with Gasteiger partial charge in [-0.2, -0.15) is 0 Å². The highest BCUT2D eigenvalue weighted by Crippen LogP contribution is 2.20. The largest absolute Gasteiger partial charge is 0.349 e. The fraction of sp³-hybridized carbons (Fsp3) is 0.118. The van der Waals surface area contributed by atoms with Gasteiger partial charge in [0.2, 0.25) is 0 Å². The number of nitrogens with one attached hydrogen (secondary N) is 2. The molecule has 2 aromatic carbocycles. The molecule has 7 heteroatoms. The molecule has 0 atom stereocenters. The Bertz CT molecular complexity index is 814. The fourth-order valence-electron chi connectivity index (χ4n) is 1.93. The van der Waals surface area contributed by atoms with E-state index in [9.17, 15) is 13.2 Å². The Labute approximate surface area is 146 Å². The minimum Gasteiger partial charge on any atom is -0.349 e. The van der Waals surface area contributed by atoms with Gasteiger partial charge in [-0.25, -0.2) is 8.42 Å². The van der Waals surface area contributed by atoms with Crippen LogP contribution in [0, 0.1) is 0 Å². The molecule has 0 aromatic heterocycles. The van der Waals surface area contributed by atoms with E-state index in [1.165, 1.54) is 0 Å². The molecule has 0 heterocycles. The first-order chi connectivity index (χ1) is 11.5. The zero-order valence-electron chi connectivity index (χ0n) is 13.2. The Morgan fingerprint density at radius 1 is 1.12 bits per heavy atom. The van der Waals surface area contributed by atoms with E-state index in [1.54, 1.807) is 66.4 Å². The van der Waals surface area contributed by atoms with Crippen LogP contribution in [0.1, 0.15) is 10.4 Å². The molecule has 24 heavy (non-hydrogen) atoms. The Morgan fingerprint density at radius 3 is 2.29 bits per heavy atom. The summed E-state index contributed by atoms with van der Waals surface area (Å²) in [5, 5.41) is 2.66. The second kappa shape index (κ2) is 8.03. The van der Waals surface area contributed by atoms with Crippen LogP contribution in [0.2, 0.25) is 0 Å². The van der Waals surface area contributed by atoms with Crippen LogP contribution < -0.4 is 10.0 Å². The molecule has 1 amide bonds. The molecule has 5 nitrogen and oxygen atoms in total. The van der Waals surface area contributed by atoms with E-state index in [1.807, 2.05) is 6.26 Å². The third-order valence-corrected chi connectivity index (χ3v) is 5.32. The summed E-state index contributed by atoms with van der Waals surface area (Å²) in [6.07, 6.45) is 3.51. The van der Waals surface area contributed by atoms with Crippen molar-refractivity contribution >= 4 is 33.4 Å². The standard InChI is InChI=1S/C17H18N2O3S2/c1-3-12-18-17(20)13-4-6-14(7-5-13)19-24(21,22)16-10-8-15(23-2)9-11-16/h3-11,19H,1,12H2,2H3,(H,18,20). The van der Waals surface area contributed by atoms with Crippen molar-refractivity contribution in [1.29, 1.82) is 0 Å². The van der Waals surface area contributed by atoms with Crippen LogP contribution in [-0.4, -0.2) is 27.1 Å². The van der Waals surface area contributed by atoms with Crippen LogP contribution in [0.25, 0.3) is 0 Å². The van der Waals surface area contributed by atoms with E-state index in [-0.39, 0.29) is 10.8 Å². The van der Waals surface area contributed by atoms with Gasteiger partial charge in [-0.3, -0.25) is 9.52 Å². The van der Waals surface area contributed by atoms with Crippen molar-refractivity contribution in [1.82, 2.24) is 5.32 Å². The number of hydrogen-bond acceptors (Lipinski definition) is 4. The quantitative estimate of drug-likeness (QED) is 0.586. The molecule has 0 fully saturated rings. The van der Waals surface area contributed by atoms with Crippen molar-refractivity contribution in [3.05, 3.63) is 66.7 Å². The zero-order chi connectivity index (χ0) is 17.6. The summed E-state index contributed by atoms with van der Waals surface area (Å²) in [6, 6.07) is 12.9. The van der Waals surface area contributed by atoms with Crippen LogP contribution >= 0.6 is 11.8 Å². The van der Waals surface area contributed by atoms with Gasteiger partial charge in [-0.1, -0.05) is 6.08 Å². The summed E-state index contributed by atoms with van der Waals surface area (Å²) in [6.45, 7) is 3.90. The lowest BCUT2D eigenvalue weighted by molar-refractivity contribution is 0.0958. The average molecular weight is 362 g/mol. The van der Waals surface area contributed by atoms with E-state index in [2.05, 4.69) is 16.6 Å². The molecule has 2 aromatic rings. The molecule has 0 spiro atoms. The van der Waals surface area contributed by atoms with Gasteiger partial charge < -0.3 is 5.32 Å². The summed E-state index contributed by atoms with van der Waals surface area (Å²) in [7, 11) is -3.66. The first-order valence-corrected chi connectivity index (χ1v) is 9.83. The maximum absolute atomic E-state index is 12.4. The number of carbonyl (C=O) groups is 1. The fourth-order valence-corrected chi connectivity index (χ4v) is 3.39. The number of thioether (sulfide) groups is 1. The lowest BCUT2D eigenvalue weighted by atomic mass is 10.2. The van der Waals surface area contributed by atoms with Crippen molar-refractivity contribution in [2.45, 2.75) is 9.79 Å². The van der Waals surface area contributed by atoms with Crippen LogP contribution in [-0.2, 0) is 10.0 Å². The van der Waals surface area contributed by atoms with Gasteiger partial charge >= 0.3 is 0 Å². The normalized spacial score (nSPS) is 10.9. The zero-order valence-corrected chi connectivity index (χ0v) is 14.8. The van der Waals surface area contributed by atoms with Crippen molar-refractivity contribution in [3.8, 4) is 0 Å². The second-order valence-corrected chi connectivity index (χ2v) is 7.42. The van der Waals surface area contributed by atoms with Crippen molar-refractivity contribution < 1.29 is 13.2 Å². The predicted molar refractivity (Wildman–Crippen MR) is 98.0 cm³/mol. The Balaban J connectivity index is 2.11. The Hall–Kier alpha value is -2.25. The van der Waals surface area contributed by atoms with Gasteiger partial charge in [-0.05, 0) is 54.8 Å². The number of hydrogen-bond donors (Lipinski definition) is 2. The maximum atomic E-state index is 12.4. The van der Waals surface area contributed by atoms with E-state index in [0.717, 1.165) is 4.90 Å². The third kappa shape index (κ3) is 4.62. The smallest absolute Gasteiger partial charge is 0.261 e. The molecule has 0 aliphatic rings. The molecule has 2 N–H and O–H groups in total. The van der Waals surface area contributed by atoms with E-state index in [0.29, 0.717) is 17.8 Å². The second-order valence-electron chi connectivity index (χ2n) is 4.86. The van der Waals surface area contributed by atoms with E-state index >= 15 is 0 Å². The molecular formula is C17H18N2O3S2. The first kappa shape index (κ1) is 18.1. The van der Waals surface area contributed by atoms with Gasteiger partial charge in [0.25, 0.3) is 15.9 Å². The molecular weight excluding hydrogens is 344 g/mol. The van der Waals surface area contributed by atoms with Gasteiger partial charge in [0, 0.05) is 22.7 Å². The van der Waals surface area contributed by atoms with Gasteiger partial charge in [-0.15, -0.1) is 18.3 Å². The molecule has 0 unspecified atom stereocenters. The lowest BCUT2D eigenvalue weighted by Crippen LogP contribution is -2.23. The van der Waals surface area contributed by atoms with E-state index in [4.69, 9.17) is 0 Å². The van der Waals surface area contributed by atoms with Gasteiger partial charge in [0.15, 0.2) is 0 Å². The molecule has 0 aliphatic carbocycles. The summed E-state index contributed by atoms with van der Waals surface area (Å²) in [4.78, 5) is 13.0. The molecule has 126 valence electrons. The molecule has 0 saturated carbocycles. The highest BCUT2D eigenvalue weighted by molar-refractivity contribution is 7.98. The van der Waals surface area contributed by atoms with Crippen LogP contribution in [0.3, 0.4) is 0 Å². The molecule has 0 bridgehead atoms. The number of rotatable bonds is 7. The Kier molecular flexibility index (Phi) is 6.05. The summed E-state index contributed by atoms with van der Waals surface area (Å²) in [5.74, 6) is -0.239. The van der Waals surface area contributed by atoms with Crippen LogP contribution in [0.4, 0.5) is 5.69 Å². The predicted octanol–water partition coefficient (Wildman–Crippen LogP) is 3.13. The molecule has 0 aliphatic heterocycles. The van der Waals surface area contributed by atoms with Crippen molar-refractivity contribution in [2.75, 3.05) is 17.5 Å². The number of benzene rings is 2. The van der Waals surface area contributed by atoms with Crippen molar-refractivity contribution in [3.63, 3.8) is 0 Å². The molecule has 2 rings (SSSR count). The Morgan fingerprint density at radius 2 is 1.75 bits per heavy atom. The molecule has 0 radical (unpaired) electrons. The number of anilines is 1. The third-order valence-electron chi connectivity index (χ3n) is 3.18. The highest BCUT2D eigenvalue weighted by Gasteiger charge is 2.14. The topological polar surface area (TPSA) is 75.3 Å². The summed E-state index contributed by atoms with van der Waals surface area (Å²) in [5.41, 5.74) is 0.841. The lowest BCUT2D eigenvalue weighted by Gasteiger charge is -2.09. The minimum atomic E-state index is -3.66. The van der Waals surface area contributed by atoms with Gasteiger partial charge in [0.1, 0.15) is 0 Å². The number of carbonyl (C=O) groups excluding carboxylic acids is 1. The summed E-state index contributed by atoms with van der Waals surface area (Å²) >= 11 is 1.54. The number of amides is 1. The van der Waals surface area contributed by atoms with Crippen LogP contribution in [0.5, 0.6) is 0 Å². The van der Waals surface area contributed by atoms with Crippen LogP contribution in [0.15, 0.2) is 71.0 Å². The minimum absolute atomic E-state index is 0.188. The van der Waals surface area contributed by atoms with Gasteiger partial charge in [0.05, 0.1) is 4.90 Å². The summed E-state index contributed by atoms with van der Waals surface area (Å²) < 4.78 is 27.2. The first-order valence-electron chi connectivity index (χ1n) is 7.12. The number of sulfonamides is 1. The van der Waals surface area contributed by atoms with E-state index < -0.39 is 10.0 Å². The maximum Gasteiger partial charge on any atom is 0.261 e. The average Bonchev–Trinajstić information content (AvgIpc) is 2.60. The molecule has 0 saturated heterocycles.